The Labute approximate surface area is 100 Å². The molecule has 1 aromatic rings. The molecule has 0 spiro atoms. The van der Waals surface area contributed by atoms with Gasteiger partial charge in [0.25, 0.3) is 0 Å². The summed E-state index contributed by atoms with van der Waals surface area (Å²) in [5.74, 6) is -1.46. The largest absolute Gasteiger partial charge is 0.478 e. The monoisotopic (exact) mass is 240 g/mol. The summed E-state index contributed by atoms with van der Waals surface area (Å²) >= 11 is 0. The molecule has 0 radical (unpaired) electrons. The van der Waals surface area contributed by atoms with Gasteiger partial charge in [0.05, 0.1) is 6.20 Å². The quantitative estimate of drug-likeness (QED) is 0.859. The van der Waals surface area contributed by atoms with E-state index in [0.29, 0.717) is 12.4 Å². The highest BCUT2D eigenvalue weighted by Gasteiger charge is 2.20. The van der Waals surface area contributed by atoms with Crippen LogP contribution in [0.15, 0.2) is 12.3 Å². The molecule has 0 aliphatic carbocycles. The van der Waals surface area contributed by atoms with Crippen LogP contribution >= 0.6 is 0 Å². The molecular formula is C12H17FN2O2. The number of aromatic nitrogens is 1. The second-order valence-electron chi connectivity index (χ2n) is 3.87. The molecule has 94 valence electrons. The summed E-state index contributed by atoms with van der Waals surface area (Å²) in [7, 11) is 0. The molecule has 0 saturated carbocycles. The van der Waals surface area contributed by atoms with Crippen molar-refractivity contribution in [1.82, 2.24) is 4.98 Å². The van der Waals surface area contributed by atoms with Crippen LogP contribution < -0.4 is 4.90 Å². The lowest BCUT2D eigenvalue weighted by atomic mass is 10.1. The van der Waals surface area contributed by atoms with E-state index in [4.69, 9.17) is 5.11 Å². The van der Waals surface area contributed by atoms with Gasteiger partial charge in [0.2, 0.25) is 0 Å². The van der Waals surface area contributed by atoms with E-state index in [9.17, 15) is 9.18 Å². The normalized spacial score (nSPS) is 12.2. The Morgan fingerprint density at radius 3 is 2.71 bits per heavy atom. The Kier molecular flexibility index (Phi) is 4.43. The summed E-state index contributed by atoms with van der Waals surface area (Å²) in [6.45, 7) is 6.55. The summed E-state index contributed by atoms with van der Waals surface area (Å²) in [5.41, 5.74) is -0.0906. The van der Waals surface area contributed by atoms with Crippen molar-refractivity contribution < 1.29 is 14.3 Å². The molecule has 1 aromatic heterocycles. The highest BCUT2D eigenvalue weighted by molar-refractivity contribution is 5.93. The summed E-state index contributed by atoms with van der Waals surface area (Å²) in [4.78, 5) is 16.8. The fourth-order valence-electron chi connectivity index (χ4n) is 1.71. The van der Waals surface area contributed by atoms with Crippen molar-refractivity contribution >= 4 is 11.8 Å². The van der Waals surface area contributed by atoms with Crippen LogP contribution in [0.5, 0.6) is 0 Å². The number of pyridine rings is 1. The van der Waals surface area contributed by atoms with Crippen molar-refractivity contribution in [3.63, 3.8) is 0 Å². The van der Waals surface area contributed by atoms with E-state index < -0.39 is 11.8 Å². The zero-order valence-corrected chi connectivity index (χ0v) is 10.3. The Hall–Kier alpha value is -1.65. The molecule has 4 nitrogen and oxygen atoms in total. The molecule has 0 saturated heterocycles. The Balaban J connectivity index is 3.23. The van der Waals surface area contributed by atoms with Crippen LogP contribution in [0.25, 0.3) is 0 Å². The maximum Gasteiger partial charge on any atom is 0.339 e. The van der Waals surface area contributed by atoms with Crippen molar-refractivity contribution in [2.24, 2.45) is 0 Å². The van der Waals surface area contributed by atoms with Crippen LogP contribution in [0.3, 0.4) is 0 Å². The molecule has 1 N–H and O–H groups in total. The van der Waals surface area contributed by atoms with Gasteiger partial charge in [-0.25, -0.2) is 14.2 Å². The summed E-state index contributed by atoms with van der Waals surface area (Å²) in [6.07, 6.45) is 1.92. The van der Waals surface area contributed by atoms with Crippen LogP contribution in [0.2, 0.25) is 0 Å². The van der Waals surface area contributed by atoms with Crippen molar-refractivity contribution in [3.8, 4) is 0 Å². The van der Waals surface area contributed by atoms with E-state index in [1.165, 1.54) is 0 Å². The maximum atomic E-state index is 13.0. The van der Waals surface area contributed by atoms with Crippen molar-refractivity contribution in [2.45, 2.75) is 33.2 Å². The van der Waals surface area contributed by atoms with E-state index in [1.807, 2.05) is 25.7 Å². The molecule has 0 aliphatic heterocycles. The lowest BCUT2D eigenvalue weighted by molar-refractivity contribution is 0.0696. The number of carboxylic acids is 1. The maximum absolute atomic E-state index is 13.0. The Bertz CT molecular complexity index is 409. The number of rotatable bonds is 5. The van der Waals surface area contributed by atoms with Crippen LogP contribution in [-0.2, 0) is 0 Å². The first kappa shape index (κ1) is 13.4. The molecule has 0 fully saturated rings. The minimum absolute atomic E-state index is 0.0906. The molecule has 1 heterocycles. The first-order valence-corrected chi connectivity index (χ1v) is 5.66. The minimum atomic E-state index is -1.16. The second-order valence-corrected chi connectivity index (χ2v) is 3.87. The van der Waals surface area contributed by atoms with Crippen molar-refractivity contribution in [1.29, 1.82) is 0 Å². The third kappa shape index (κ3) is 2.93. The van der Waals surface area contributed by atoms with Gasteiger partial charge in [0, 0.05) is 12.6 Å². The predicted molar refractivity (Wildman–Crippen MR) is 63.9 cm³/mol. The van der Waals surface area contributed by atoms with Crippen LogP contribution in [0, 0.1) is 5.82 Å². The molecule has 0 aromatic carbocycles. The first-order valence-electron chi connectivity index (χ1n) is 5.66. The number of carbonyl (C=O) groups is 1. The molecular weight excluding hydrogens is 223 g/mol. The average molecular weight is 240 g/mol. The van der Waals surface area contributed by atoms with Gasteiger partial charge >= 0.3 is 5.97 Å². The molecule has 1 atom stereocenters. The predicted octanol–water partition coefficient (Wildman–Crippen LogP) is 2.54. The zero-order valence-electron chi connectivity index (χ0n) is 10.3. The lowest BCUT2D eigenvalue weighted by Crippen LogP contribution is -2.34. The third-order valence-corrected chi connectivity index (χ3v) is 2.80. The minimum Gasteiger partial charge on any atom is -0.478 e. The molecule has 0 amide bonds. The Morgan fingerprint density at radius 2 is 2.24 bits per heavy atom. The lowest BCUT2D eigenvalue weighted by Gasteiger charge is -2.29. The molecule has 1 rings (SSSR count). The van der Waals surface area contributed by atoms with Gasteiger partial charge in [-0.2, -0.15) is 0 Å². The number of halogens is 1. The molecule has 1 unspecified atom stereocenters. The van der Waals surface area contributed by atoms with E-state index in [1.54, 1.807) is 0 Å². The number of anilines is 1. The fourth-order valence-corrected chi connectivity index (χ4v) is 1.71. The zero-order chi connectivity index (χ0) is 13.0. The van der Waals surface area contributed by atoms with Crippen LogP contribution in [-0.4, -0.2) is 28.6 Å². The Morgan fingerprint density at radius 1 is 1.59 bits per heavy atom. The fraction of sp³-hybridized carbons (Fsp3) is 0.500. The van der Waals surface area contributed by atoms with Crippen molar-refractivity contribution in [3.05, 3.63) is 23.6 Å². The SMILES string of the molecule is CCC(C)N(CC)c1ncc(F)cc1C(=O)O. The van der Waals surface area contributed by atoms with Crippen LogP contribution in [0.4, 0.5) is 10.2 Å². The number of hydrogen-bond acceptors (Lipinski definition) is 3. The van der Waals surface area contributed by atoms with Gasteiger partial charge in [-0.3, -0.25) is 0 Å². The molecule has 0 bridgehead atoms. The number of carboxylic acid groups (broad SMARTS) is 1. The highest BCUT2D eigenvalue weighted by atomic mass is 19.1. The number of nitrogens with zero attached hydrogens (tertiary/aromatic N) is 2. The molecule has 17 heavy (non-hydrogen) atoms. The topological polar surface area (TPSA) is 53.4 Å². The average Bonchev–Trinajstić information content (AvgIpc) is 2.31. The molecule has 5 heteroatoms. The second kappa shape index (κ2) is 5.61. The van der Waals surface area contributed by atoms with Gasteiger partial charge < -0.3 is 10.0 Å². The summed E-state index contributed by atoms with van der Waals surface area (Å²) in [5, 5.41) is 9.06. The standard InChI is InChI=1S/C12H17FN2O2/c1-4-8(3)15(5-2)11-10(12(16)17)6-9(13)7-14-11/h6-8H,4-5H2,1-3H3,(H,16,17). The van der Waals surface area contributed by atoms with Gasteiger partial charge in [-0.15, -0.1) is 0 Å². The van der Waals surface area contributed by atoms with Gasteiger partial charge in [-0.1, -0.05) is 6.92 Å². The first-order chi connectivity index (χ1) is 8.01. The van der Waals surface area contributed by atoms with Crippen molar-refractivity contribution in [2.75, 3.05) is 11.4 Å². The summed E-state index contributed by atoms with van der Waals surface area (Å²) < 4.78 is 13.0. The van der Waals surface area contributed by atoms with E-state index >= 15 is 0 Å². The van der Waals surface area contributed by atoms with E-state index in [0.717, 1.165) is 18.7 Å². The number of aromatic carboxylic acids is 1. The highest BCUT2D eigenvalue weighted by Crippen LogP contribution is 2.21. The summed E-state index contributed by atoms with van der Waals surface area (Å²) in [6, 6.07) is 1.17. The van der Waals surface area contributed by atoms with Gasteiger partial charge in [0.15, 0.2) is 0 Å². The van der Waals surface area contributed by atoms with Gasteiger partial charge in [-0.05, 0) is 26.3 Å². The van der Waals surface area contributed by atoms with E-state index in [2.05, 4.69) is 4.98 Å². The third-order valence-electron chi connectivity index (χ3n) is 2.80. The number of hydrogen-bond donors (Lipinski definition) is 1. The van der Waals surface area contributed by atoms with Crippen LogP contribution in [0.1, 0.15) is 37.6 Å². The smallest absolute Gasteiger partial charge is 0.339 e. The van der Waals surface area contributed by atoms with Gasteiger partial charge in [0.1, 0.15) is 17.2 Å². The van der Waals surface area contributed by atoms with E-state index in [-0.39, 0.29) is 11.6 Å². The molecule has 0 aliphatic rings.